The molecule has 0 bridgehead atoms. The van der Waals surface area contributed by atoms with Gasteiger partial charge >= 0.3 is 0 Å². The number of nitrogens with one attached hydrogen (secondary N) is 2. The third-order valence-corrected chi connectivity index (χ3v) is 4.30. The summed E-state index contributed by atoms with van der Waals surface area (Å²) < 4.78 is 16.5. The fourth-order valence-corrected chi connectivity index (χ4v) is 3.35. The molecule has 0 spiro atoms. The number of aromatic amines is 1. The van der Waals surface area contributed by atoms with Crippen LogP contribution in [0.5, 0.6) is 0 Å². The van der Waals surface area contributed by atoms with Crippen LogP contribution in [0.4, 0.5) is 4.39 Å². The molecule has 21 heavy (non-hydrogen) atoms. The maximum absolute atomic E-state index is 14.7. The zero-order valence-corrected chi connectivity index (χ0v) is 12.1. The molecule has 108 valence electrons. The van der Waals surface area contributed by atoms with Crippen molar-refractivity contribution in [2.24, 2.45) is 7.05 Å². The van der Waals surface area contributed by atoms with Crippen molar-refractivity contribution in [2.45, 2.75) is 19.9 Å². The zero-order valence-electron chi connectivity index (χ0n) is 12.1. The highest BCUT2D eigenvalue weighted by molar-refractivity contribution is 5.97. The summed E-state index contributed by atoms with van der Waals surface area (Å²) in [5.41, 5.74) is 5.65. The Hall–Kier alpha value is -2.14. The second-order valence-electron chi connectivity index (χ2n) is 5.64. The van der Waals surface area contributed by atoms with Gasteiger partial charge in [-0.3, -0.25) is 4.68 Å². The molecule has 3 aromatic rings. The van der Waals surface area contributed by atoms with Gasteiger partial charge in [0.05, 0.1) is 11.4 Å². The number of aromatic nitrogens is 3. The number of fused-ring (bicyclic) bond motifs is 2. The van der Waals surface area contributed by atoms with E-state index < -0.39 is 0 Å². The van der Waals surface area contributed by atoms with E-state index in [0.717, 1.165) is 52.9 Å². The summed E-state index contributed by atoms with van der Waals surface area (Å²) in [5.74, 6) is -0.184. The van der Waals surface area contributed by atoms with Gasteiger partial charge in [-0.1, -0.05) is 0 Å². The fourth-order valence-electron chi connectivity index (χ4n) is 3.35. The number of aryl methyl sites for hydroxylation is 2. The van der Waals surface area contributed by atoms with Crippen LogP contribution in [0.2, 0.25) is 0 Å². The van der Waals surface area contributed by atoms with Gasteiger partial charge in [-0.05, 0) is 24.6 Å². The van der Waals surface area contributed by atoms with E-state index in [1.165, 1.54) is 0 Å². The third kappa shape index (κ3) is 1.74. The number of nitrogens with zero attached hydrogens (tertiary/aromatic N) is 2. The molecular weight excluding hydrogens is 267 g/mol. The molecule has 2 N–H and O–H groups in total. The van der Waals surface area contributed by atoms with E-state index in [1.54, 1.807) is 6.07 Å². The van der Waals surface area contributed by atoms with Gasteiger partial charge in [0, 0.05) is 54.8 Å². The molecule has 1 aliphatic heterocycles. The normalized spacial score (nSPS) is 14.6. The molecule has 2 aromatic heterocycles. The SMILES string of the molecule is Cc1cc(F)c(-c2c3c(nn2C)CCNC3)c2cc[nH]c12. The Labute approximate surface area is 122 Å². The standard InChI is InChI=1S/C16H17FN4/c1-9-7-12(17)14(10-3-6-19-15(9)10)16-11-8-18-5-4-13(11)20-21(16)2/h3,6-7,18-19H,4-5,8H2,1-2H3. The van der Waals surface area contributed by atoms with E-state index >= 15 is 0 Å². The van der Waals surface area contributed by atoms with E-state index in [4.69, 9.17) is 0 Å². The Balaban J connectivity index is 2.08. The van der Waals surface area contributed by atoms with E-state index in [2.05, 4.69) is 15.4 Å². The highest BCUT2D eigenvalue weighted by Gasteiger charge is 2.24. The molecule has 0 saturated heterocycles. The maximum atomic E-state index is 14.7. The molecular formula is C16H17FN4. The summed E-state index contributed by atoms with van der Waals surface area (Å²) in [6.45, 7) is 3.60. The first kappa shape index (κ1) is 12.6. The first-order valence-corrected chi connectivity index (χ1v) is 7.19. The minimum atomic E-state index is -0.184. The number of halogens is 1. The highest BCUT2D eigenvalue weighted by atomic mass is 19.1. The van der Waals surface area contributed by atoms with Gasteiger partial charge in [-0.25, -0.2) is 4.39 Å². The Bertz CT molecular complexity index is 844. The van der Waals surface area contributed by atoms with Crippen molar-refractivity contribution in [1.29, 1.82) is 0 Å². The monoisotopic (exact) mass is 284 g/mol. The quantitative estimate of drug-likeness (QED) is 0.721. The lowest BCUT2D eigenvalue weighted by molar-refractivity contribution is 0.627. The van der Waals surface area contributed by atoms with Crippen LogP contribution in [0.1, 0.15) is 16.8 Å². The summed E-state index contributed by atoms with van der Waals surface area (Å²) in [6.07, 6.45) is 2.76. The van der Waals surface area contributed by atoms with Crippen LogP contribution < -0.4 is 5.32 Å². The van der Waals surface area contributed by atoms with Crippen molar-refractivity contribution in [3.8, 4) is 11.3 Å². The van der Waals surface area contributed by atoms with Gasteiger partial charge in [0.25, 0.3) is 0 Å². The topological polar surface area (TPSA) is 45.6 Å². The smallest absolute Gasteiger partial charge is 0.133 e. The van der Waals surface area contributed by atoms with Crippen LogP contribution in [0.15, 0.2) is 18.3 Å². The first-order chi connectivity index (χ1) is 10.2. The maximum Gasteiger partial charge on any atom is 0.133 e. The average molecular weight is 284 g/mol. The molecule has 0 saturated carbocycles. The Morgan fingerprint density at radius 1 is 1.38 bits per heavy atom. The summed E-state index contributed by atoms with van der Waals surface area (Å²) in [7, 11) is 1.89. The summed E-state index contributed by atoms with van der Waals surface area (Å²) in [6, 6.07) is 3.54. The van der Waals surface area contributed by atoms with Crippen LogP contribution in [-0.4, -0.2) is 21.3 Å². The van der Waals surface area contributed by atoms with Crippen molar-refractivity contribution in [1.82, 2.24) is 20.1 Å². The van der Waals surface area contributed by atoms with Crippen LogP contribution in [-0.2, 0) is 20.0 Å². The summed E-state index contributed by atoms with van der Waals surface area (Å²) in [4.78, 5) is 3.20. The van der Waals surface area contributed by atoms with E-state index in [1.807, 2.05) is 30.9 Å². The Morgan fingerprint density at radius 2 is 2.24 bits per heavy atom. The third-order valence-electron chi connectivity index (χ3n) is 4.30. The molecule has 4 rings (SSSR count). The van der Waals surface area contributed by atoms with Crippen molar-refractivity contribution in [2.75, 3.05) is 6.54 Å². The van der Waals surface area contributed by atoms with Gasteiger partial charge in [0.2, 0.25) is 0 Å². The van der Waals surface area contributed by atoms with Gasteiger partial charge in [0.1, 0.15) is 5.82 Å². The second kappa shape index (κ2) is 4.43. The Kier molecular flexibility index (Phi) is 2.65. The minimum Gasteiger partial charge on any atom is -0.361 e. The Morgan fingerprint density at radius 3 is 3.10 bits per heavy atom. The molecule has 3 heterocycles. The van der Waals surface area contributed by atoms with Crippen molar-refractivity contribution >= 4 is 10.9 Å². The summed E-state index contributed by atoms with van der Waals surface area (Å²) in [5, 5.41) is 8.86. The van der Waals surface area contributed by atoms with Gasteiger partial charge in [-0.2, -0.15) is 5.10 Å². The first-order valence-electron chi connectivity index (χ1n) is 7.19. The lowest BCUT2D eigenvalue weighted by Gasteiger charge is -2.14. The predicted molar refractivity (Wildman–Crippen MR) is 80.6 cm³/mol. The molecule has 4 nitrogen and oxygen atoms in total. The van der Waals surface area contributed by atoms with Crippen LogP contribution >= 0.6 is 0 Å². The van der Waals surface area contributed by atoms with Gasteiger partial charge in [0.15, 0.2) is 0 Å². The van der Waals surface area contributed by atoms with Gasteiger partial charge < -0.3 is 10.3 Å². The number of rotatable bonds is 1. The van der Waals surface area contributed by atoms with Crippen molar-refractivity contribution in [3.05, 3.63) is 41.0 Å². The molecule has 0 atom stereocenters. The second-order valence-corrected chi connectivity index (χ2v) is 5.64. The average Bonchev–Trinajstić information content (AvgIpc) is 3.04. The molecule has 1 aliphatic rings. The highest BCUT2D eigenvalue weighted by Crippen LogP contribution is 2.36. The fraction of sp³-hybridized carbons (Fsp3) is 0.312. The molecule has 1 aromatic carbocycles. The largest absolute Gasteiger partial charge is 0.361 e. The van der Waals surface area contributed by atoms with Crippen molar-refractivity contribution in [3.63, 3.8) is 0 Å². The van der Waals surface area contributed by atoms with Gasteiger partial charge in [-0.15, -0.1) is 0 Å². The van der Waals surface area contributed by atoms with Crippen LogP contribution in [0, 0.1) is 12.7 Å². The molecule has 0 amide bonds. The number of hydrogen-bond acceptors (Lipinski definition) is 2. The molecule has 0 fully saturated rings. The lowest BCUT2D eigenvalue weighted by atomic mass is 9.97. The molecule has 0 unspecified atom stereocenters. The molecule has 0 aliphatic carbocycles. The number of hydrogen-bond donors (Lipinski definition) is 2. The van der Waals surface area contributed by atoms with Crippen molar-refractivity contribution < 1.29 is 4.39 Å². The van der Waals surface area contributed by atoms with Crippen LogP contribution in [0.3, 0.4) is 0 Å². The zero-order chi connectivity index (χ0) is 14.6. The lowest BCUT2D eigenvalue weighted by Crippen LogP contribution is -2.23. The van der Waals surface area contributed by atoms with Crippen LogP contribution in [0.25, 0.3) is 22.2 Å². The molecule has 0 radical (unpaired) electrons. The molecule has 5 heteroatoms. The van der Waals surface area contributed by atoms with E-state index in [-0.39, 0.29) is 5.82 Å². The number of H-pyrrole nitrogens is 1. The number of benzene rings is 1. The minimum absolute atomic E-state index is 0.184. The predicted octanol–water partition coefficient (Wildman–Crippen LogP) is 2.66. The summed E-state index contributed by atoms with van der Waals surface area (Å²) >= 11 is 0. The van der Waals surface area contributed by atoms with E-state index in [0.29, 0.717) is 5.56 Å². The van der Waals surface area contributed by atoms with E-state index in [9.17, 15) is 4.39 Å².